The lowest BCUT2D eigenvalue weighted by molar-refractivity contribution is -0.207. The lowest BCUT2D eigenvalue weighted by Crippen LogP contribution is -2.58. The molecule has 12 aliphatic carbocycles. The quantitative estimate of drug-likeness (QED) is 0.0250. The van der Waals surface area contributed by atoms with E-state index in [4.69, 9.17) is 53.2 Å². The minimum absolute atomic E-state index is 0.0138. The van der Waals surface area contributed by atoms with Gasteiger partial charge in [-0.2, -0.15) is 0 Å². The summed E-state index contributed by atoms with van der Waals surface area (Å²) < 4.78 is 45.1. The Morgan fingerprint density at radius 2 is 0.627 bits per heavy atom. The maximum Gasteiger partial charge on any atom is 0.514 e. The fraction of sp³-hybridized carbons (Fsp3) is 0.565. The Hall–Kier alpha value is -8.80. The van der Waals surface area contributed by atoms with Crippen LogP contribution in [0.5, 0.6) is 57.5 Å². The van der Waals surface area contributed by atoms with Gasteiger partial charge in [0.15, 0.2) is 19.8 Å². The number of phenols is 6. The highest BCUT2D eigenvalue weighted by Crippen LogP contribution is 2.62. The van der Waals surface area contributed by atoms with Crippen molar-refractivity contribution in [2.24, 2.45) is 71.0 Å². The molecule has 12 saturated carbocycles. The van der Waals surface area contributed by atoms with Gasteiger partial charge in [0.25, 0.3) is 0 Å². The Kier molecular flexibility index (Phi) is 28.2. The largest absolute Gasteiger partial charge is 0.514 e. The number of aromatic hydroxyl groups is 6. The van der Waals surface area contributed by atoms with Crippen molar-refractivity contribution in [3.8, 4) is 57.5 Å². The number of carbonyl (C=O) groups excluding carboxylic acids is 4. The van der Waals surface area contributed by atoms with Gasteiger partial charge in [0, 0.05) is 24.3 Å². The van der Waals surface area contributed by atoms with E-state index in [1.54, 1.807) is 81.4 Å². The van der Waals surface area contributed by atoms with E-state index in [0.29, 0.717) is 58.5 Å². The summed E-state index contributed by atoms with van der Waals surface area (Å²) in [5.41, 5.74) is 5.01. The van der Waals surface area contributed by atoms with E-state index in [1.165, 1.54) is 87.1 Å². The summed E-state index contributed by atoms with van der Waals surface area (Å²) in [6.45, 7) is 24.1. The molecule has 6 N–H and O–H groups in total. The van der Waals surface area contributed by atoms with Crippen molar-refractivity contribution >= 4 is 24.1 Å². The van der Waals surface area contributed by atoms with E-state index in [9.17, 15) is 34.5 Å². The molecule has 6 aromatic rings. The van der Waals surface area contributed by atoms with Crippen molar-refractivity contribution < 1.29 is 87.7 Å². The highest BCUT2D eigenvalue weighted by molar-refractivity contribution is 5.73. The standard InChI is InChI=1S/C21H28O4.C21H28O3.C20H26O4.C14H20O4.C8H10O2.C8H10O/c1-3-14-7-18(22)9-19(8-14)24-12-20(23)25-21-10-15-4-16(11-21)6-17(5-15)13(21)2;1-3-15-4-6-19(7-5-15)23-13-20(22)24-21-11-16-8-17(12-21)10-18(9-16)14(21)2;1-3-13-7-17(21)9-18(8-13)23-19(22)24-20-10-14-4-15(11-20)6-16(5-14)12(20)2;1-5-10-6-11(15)8-12(7-10)17-9-13(16)18-14(2,3)4;1-2-6-3-7(9)5-8(10)4-6;1-2-7-3-5-8(9)6-4-7/h7-9,13,15-17,22H,3-6,10-12H2,1-2H3;4-7,14,16-18H,3,8-13H2,1-2H3;7-9,12,14-16,21H,3-6,10-11H2,1-2H3;6-8,15H,5,9H2,1-4H3;3-5,9-10H,2H2,1H3;3-6,9H,2H2,1H3. The van der Waals surface area contributed by atoms with E-state index in [1.807, 2.05) is 70.2 Å². The van der Waals surface area contributed by atoms with Crippen LogP contribution in [0.2, 0.25) is 0 Å². The molecule has 6 aromatic carbocycles. The van der Waals surface area contributed by atoms with Crippen LogP contribution in [0.25, 0.3) is 0 Å². The van der Waals surface area contributed by atoms with Crippen molar-refractivity contribution in [1.82, 2.24) is 0 Å². The summed E-state index contributed by atoms with van der Waals surface area (Å²) in [7, 11) is 0. The summed E-state index contributed by atoms with van der Waals surface area (Å²) in [6.07, 6.45) is 22.6. The number of rotatable bonds is 19. The number of carbonyl (C=O) groups is 4. The molecule has 9 unspecified atom stereocenters. The van der Waals surface area contributed by atoms with Crippen molar-refractivity contribution in [3.05, 3.63) is 155 Å². The Morgan fingerprint density at radius 1 is 0.336 bits per heavy atom. The Bertz CT molecular complexity index is 3980. The maximum atomic E-state index is 12.5. The van der Waals surface area contributed by atoms with Gasteiger partial charge in [-0.3, -0.25) is 0 Å². The van der Waals surface area contributed by atoms with Crippen molar-refractivity contribution in [2.75, 3.05) is 19.8 Å². The van der Waals surface area contributed by atoms with E-state index >= 15 is 0 Å². The molecule has 110 heavy (non-hydrogen) atoms. The van der Waals surface area contributed by atoms with Gasteiger partial charge in [0.2, 0.25) is 0 Å². The fourth-order valence-corrected chi connectivity index (χ4v) is 20.0. The monoisotopic (exact) mass is 1510 g/mol. The van der Waals surface area contributed by atoms with E-state index in [0.717, 1.165) is 141 Å². The summed E-state index contributed by atoms with van der Waals surface area (Å²) in [6, 6.07) is 34.8. The zero-order valence-corrected chi connectivity index (χ0v) is 67.0. The first-order valence-electron chi connectivity index (χ1n) is 40.7. The minimum atomic E-state index is -0.628. The highest BCUT2D eigenvalue weighted by atomic mass is 16.7. The van der Waals surface area contributed by atoms with Gasteiger partial charge in [-0.25, -0.2) is 19.2 Å². The molecule has 12 fully saturated rings. The number of ether oxygens (including phenoxy) is 8. The molecule has 598 valence electrons. The smallest absolute Gasteiger partial charge is 0.508 e. The third kappa shape index (κ3) is 22.5. The zero-order valence-electron chi connectivity index (χ0n) is 67.0. The molecule has 0 spiro atoms. The lowest BCUT2D eigenvalue weighted by atomic mass is 9.50. The van der Waals surface area contributed by atoms with Crippen LogP contribution < -0.4 is 18.9 Å². The summed E-state index contributed by atoms with van der Waals surface area (Å²) >= 11 is 0. The average Bonchev–Trinajstić information content (AvgIpc) is 0.744. The van der Waals surface area contributed by atoms with Gasteiger partial charge in [-0.15, -0.1) is 0 Å². The van der Waals surface area contributed by atoms with Gasteiger partial charge < -0.3 is 68.5 Å². The number of esters is 3. The fourth-order valence-electron chi connectivity index (χ4n) is 20.0. The summed E-state index contributed by atoms with van der Waals surface area (Å²) in [4.78, 5) is 48.8. The van der Waals surface area contributed by atoms with Crippen LogP contribution in [-0.4, -0.2) is 96.9 Å². The van der Waals surface area contributed by atoms with Crippen molar-refractivity contribution in [2.45, 2.75) is 240 Å². The Labute approximate surface area is 651 Å². The van der Waals surface area contributed by atoms with Crippen LogP contribution >= 0.6 is 0 Å². The summed E-state index contributed by atoms with van der Waals surface area (Å²) in [5, 5.41) is 55.8. The number of hydrogen-bond acceptors (Lipinski definition) is 18. The van der Waals surface area contributed by atoms with Gasteiger partial charge >= 0.3 is 24.1 Å². The van der Waals surface area contributed by atoms with Gasteiger partial charge in [-0.1, -0.05) is 86.6 Å². The molecule has 18 rings (SSSR count). The van der Waals surface area contributed by atoms with Crippen molar-refractivity contribution in [1.29, 1.82) is 0 Å². The van der Waals surface area contributed by atoms with Crippen LogP contribution in [0.3, 0.4) is 0 Å². The second-order valence-electron chi connectivity index (χ2n) is 34.0. The molecule has 0 saturated heterocycles. The van der Waals surface area contributed by atoms with Crippen LogP contribution in [0, 0.1) is 71.0 Å². The predicted octanol–water partition coefficient (Wildman–Crippen LogP) is 19.5. The molecular weight excluding hydrogens is 1390 g/mol. The number of hydrogen-bond donors (Lipinski definition) is 6. The van der Waals surface area contributed by atoms with Crippen LogP contribution in [0.15, 0.2) is 121 Å². The number of aryl methyl sites for hydroxylation is 6. The molecule has 0 heterocycles. The van der Waals surface area contributed by atoms with Crippen molar-refractivity contribution in [3.63, 3.8) is 0 Å². The first-order chi connectivity index (χ1) is 52.4. The Morgan fingerprint density at radius 3 is 0.973 bits per heavy atom. The third-order valence-electron chi connectivity index (χ3n) is 25.0. The van der Waals surface area contributed by atoms with E-state index < -0.39 is 17.7 Å². The van der Waals surface area contributed by atoms with Gasteiger partial charge in [0.05, 0.1) is 0 Å². The van der Waals surface area contributed by atoms with Gasteiger partial charge in [0.1, 0.15) is 79.9 Å². The first-order valence-corrected chi connectivity index (χ1v) is 40.7. The molecule has 0 aromatic heterocycles. The predicted molar refractivity (Wildman–Crippen MR) is 423 cm³/mol. The normalized spacial score (nSPS) is 27.5. The molecule has 0 amide bonds. The highest BCUT2D eigenvalue weighted by Gasteiger charge is 2.60. The number of phenolic OH excluding ortho intramolecular Hbond substituents is 6. The second-order valence-corrected chi connectivity index (χ2v) is 34.0. The Balaban J connectivity index is 0.000000145. The molecule has 0 aliphatic heterocycles. The SMILES string of the molecule is CCc1cc(O)cc(O)c1.CCc1cc(O)cc(OC(=O)OC23CC4CC(CC(C4)C2C)C3)c1.CCc1cc(O)cc(OCC(=O)OC(C)(C)C)c1.CCc1cc(O)cc(OCC(=O)OC23CC4CC(CC(C4)C2C)C3)c1.CCc1ccc(O)cc1.CCc1ccc(OCC(=O)OC23CC4CC(CC(C4)C2C)C3)cc1. The molecule has 18 heteroatoms. The topological polar surface area (TPSA) is 263 Å². The van der Waals surface area contributed by atoms with Crippen LogP contribution in [0.1, 0.15) is 213 Å². The molecule has 12 bridgehead atoms. The third-order valence-corrected chi connectivity index (χ3v) is 25.0. The second kappa shape index (κ2) is 37.0. The van der Waals surface area contributed by atoms with Crippen LogP contribution in [-0.2, 0) is 71.9 Å². The summed E-state index contributed by atoms with van der Waals surface area (Å²) in [5.74, 6) is 10.1. The van der Waals surface area contributed by atoms with Crippen LogP contribution in [0.4, 0.5) is 4.79 Å². The zero-order chi connectivity index (χ0) is 79.2. The molecular formula is C92H122O18. The molecule has 0 radical (unpaired) electrons. The minimum Gasteiger partial charge on any atom is -0.508 e. The molecule has 18 nitrogen and oxygen atoms in total. The lowest BCUT2D eigenvalue weighted by Gasteiger charge is -2.59. The van der Waals surface area contributed by atoms with E-state index in [2.05, 4.69) is 34.6 Å². The molecule has 12 aliphatic rings. The maximum absolute atomic E-state index is 12.5. The van der Waals surface area contributed by atoms with E-state index in [-0.39, 0.29) is 77.3 Å². The van der Waals surface area contributed by atoms with Gasteiger partial charge in [-0.05, 0) is 333 Å². The first kappa shape index (κ1) is 83.7. The average molecular weight is 1520 g/mol. The molecule has 9 atom stereocenters. The number of benzene rings is 6.